The molecule has 1 saturated carbocycles. The van der Waals surface area contributed by atoms with E-state index in [0.717, 1.165) is 24.0 Å². The highest BCUT2D eigenvalue weighted by Gasteiger charge is 2.43. The second-order valence-corrected chi connectivity index (χ2v) is 9.71. The summed E-state index contributed by atoms with van der Waals surface area (Å²) in [4.78, 5) is 12.3. The fourth-order valence-corrected chi connectivity index (χ4v) is 5.56. The molecule has 0 unspecified atom stereocenters. The lowest BCUT2D eigenvalue weighted by Gasteiger charge is -2.18. The molecule has 1 saturated heterocycles. The summed E-state index contributed by atoms with van der Waals surface area (Å²) in [7, 11) is -2.05. The molecule has 146 valence electrons. The van der Waals surface area contributed by atoms with Gasteiger partial charge in [0.2, 0.25) is 10.0 Å². The zero-order chi connectivity index (χ0) is 19.8. The van der Waals surface area contributed by atoms with Crippen molar-refractivity contribution in [2.45, 2.75) is 38.5 Å². The number of sulfonamides is 1. The standard InChI is InChI=1S/C21H27NO4S/c1-14(2)20(21(23)26-4)11-16-9-17-12-22(13-18(17)10-16)27(24,25)19-7-5-15(3)6-8-19/h5-8,11,17-18H,9-10,12-13H2,1-4H3/t17-,18+. The zero-order valence-electron chi connectivity index (χ0n) is 16.4. The zero-order valence-corrected chi connectivity index (χ0v) is 17.2. The van der Waals surface area contributed by atoms with Crippen molar-refractivity contribution in [1.29, 1.82) is 0 Å². The highest BCUT2D eigenvalue weighted by molar-refractivity contribution is 7.89. The van der Waals surface area contributed by atoms with Crippen molar-refractivity contribution in [3.63, 3.8) is 0 Å². The Morgan fingerprint density at radius 1 is 1.11 bits per heavy atom. The van der Waals surface area contributed by atoms with Gasteiger partial charge < -0.3 is 4.74 Å². The molecule has 1 aromatic carbocycles. The number of rotatable bonds is 4. The van der Waals surface area contributed by atoms with Gasteiger partial charge in [-0.1, -0.05) is 28.8 Å². The molecule has 0 bridgehead atoms. The minimum absolute atomic E-state index is 0.313. The maximum Gasteiger partial charge on any atom is 0.337 e. The van der Waals surface area contributed by atoms with Gasteiger partial charge in [0.1, 0.15) is 0 Å². The molecule has 1 aliphatic heterocycles. The number of hydrogen-bond acceptors (Lipinski definition) is 4. The molecule has 27 heavy (non-hydrogen) atoms. The van der Waals surface area contributed by atoms with Gasteiger partial charge in [0.15, 0.2) is 0 Å². The molecule has 0 N–H and O–H groups in total. The first-order chi connectivity index (χ1) is 12.7. The van der Waals surface area contributed by atoms with Crippen molar-refractivity contribution >= 4 is 16.0 Å². The molecular formula is C21H27NO4S. The highest BCUT2D eigenvalue weighted by atomic mass is 32.2. The van der Waals surface area contributed by atoms with Crippen LogP contribution >= 0.6 is 0 Å². The predicted molar refractivity (Wildman–Crippen MR) is 105 cm³/mol. The Kier molecular flexibility index (Phi) is 5.58. The van der Waals surface area contributed by atoms with Crippen LogP contribution in [0.25, 0.3) is 0 Å². The maximum atomic E-state index is 12.9. The first-order valence-electron chi connectivity index (χ1n) is 9.24. The Balaban J connectivity index is 1.73. The van der Waals surface area contributed by atoms with E-state index >= 15 is 0 Å². The second-order valence-electron chi connectivity index (χ2n) is 7.77. The van der Waals surface area contributed by atoms with Gasteiger partial charge in [0, 0.05) is 13.1 Å². The number of benzene rings is 1. The van der Waals surface area contributed by atoms with Gasteiger partial charge in [-0.3, -0.25) is 0 Å². The summed E-state index contributed by atoms with van der Waals surface area (Å²) < 4.78 is 32.3. The van der Waals surface area contributed by atoms with E-state index in [1.54, 1.807) is 16.4 Å². The molecule has 5 nitrogen and oxygen atoms in total. The van der Waals surface area contributed by atoms with Gasteiger partial charge in [-0.15, -0.1) is 0 Å². The largest absolute Gasteiger partial charge is 0.465 e. The average Bonchev–Trinajstić information content (AvgIpc) is 3.18. The minimum atomic E-state index is -3.44. The number of esters is 1. The predicted octanol–water partition coefficient (Wildman–Crippen LogP) is 3.46. The Labute approximate surface area is 161 Å². The number of methoxy groups -OCH3 is 1. The van der Waals surface area contributed by atoms with E-state index in [4.69, 9.17) is 4.74 Å². The fourth-order valence-electron chi connectivity index (χ4n) is 4.01. The number of nitrogens with zero attached hydrogens (tertiary/aromatic N) is 1. The molecular weight excluding hydrogens is 362 g/mol. The Hall–Kier alpha value is -1.92. The SMILES string of the molecule is COC(=O)C(C=C1C[C@@H]2CN(S(=O)(=O)c3ccc(C)cc3)C[C@@H]2C1)=C(C)C. The van der Waals surface area contributed by atoms with Crippen LogP contribution in [0.4, 0.5) is 0 Å². The van der Waals surface area contributed by atoms with E-state index < -0.39 is 10.0 Å². The van der Waals surface area contributed by atoms with Crippen molar-refractivity contribution < 1.29 is 17.9 Å². The lowest BCUT2D eigenvalue weighted by Crippen LogP contribution is -2.29. The molecule has 0 radical (unpaired) electrons. The van der Waals surface area contributed by atoms with Gasteiger partial charge in [0.05, 0.1) is 17.6 Å². The van der Waals surface area contributed by atoms with Crippen molar-refractivity contribution in [3.05, 3.63) is 52.6 Å². The molecule has 2 atom stereocenters. The number of carbonyl (C=O) groups is 1. The molecule has 0 aromatic heterocycles. The van der Waals surface area contributed by atoms with E-state index in [1.807, 2.05) is 39.0 Å². The van der Waals surface area contributed by atoms with Crippen LogP contribution < -0.4 is 0 Å². The van der Waals surface area contributed by atoms with Crippen LogP contribution in [0, 0.1) is 18.8 Å². The summed E-state index contributed by atoms with van der Waals surface area (Å²) in [5.74, 6) is 0.309. The first-order valence-corrected chi connectivity index (χ1v) is 10.7. The summed E-state index contributed by atoms with van der Waals surface area (Å²) in [6.07, 6.45) is 3.61. The van der Waals surface area contributed by atoms with E-state index in [1.165, 1.54) is 12.7 Å². The van der Waals surface area contributed by atoms with Crippen molar-refractivity contribution in [2.24, 2.45) is 11.8 Å². The Morgan fingerprint density at radius 3 is 2.15 bits per heavy atom. The monoisotopic (exact) mass is 389 g/mol. The van der Waals surface area contributed by atoms with Gasteiger partial charge in [0.25, 0.3) is 0 Å². The lowest BCUT2D eigenvalue weighted by molar-refractivity contribution is -0.135. The molecule has 0 amide bonds. The quantitative estimate of drug-likeness (QED) is 0.584. The summed E-state index contributed by atoms with van der Waals surface area (Å²) in [5, 5.41) is 0. The number of ether oxygens (including phenoxy) is 1. The third kappa shape index (κ3) is 4.01. The molecule has 3 rings (SSSR count). The van der Waals surface area contributed by atoms with E-state index in [-0.39, 0.29) is 5.97 Å². The van der Waals surface area contributed by atoms with Crippen molar-refractivity contribution in [1.82, 2.24) is 4.31 Å². The molecule has 2 fully saturated rings. The maximum absolute atomic E-state index is 12.9. The average molecular weight is 390 g/mol. The number of carbonyl (C=O) groups excluding carboxylic acids is 1. The molecule has 0 spiro atoms. The Bertz CT molecular complexity index is 877. The van der Waals surface area contributed by atoms with Crippen LogP contribution in [-0.4, -0.2) is 38.9 Å². The van der Waals surface area contributed by atoms with Crippen LogP contribution in [0.15, 0.2) is 52.0 Å². The Morgan fingerprint density at radius 2 is 1.67 bits per heavy atom. The molecule has 1 aliphatic carbocycles. The number of aryl methyl sites for hydroxylation is 1. The summed E-state index contributed by atoms with van der Waals surface area (Å²) in [6, 6.07) is 7.03. The minimum Gasteiger partial charge on any atom is -0.465 e. The fraction of sp³-hybridized carbons (Fsp3) is 0.476. The van der Waals surface area contributed by atoms with Gasteiger partial charge in [-0.25, -0.2) is 13.2 Å². The summed E-state index contributed by atoms with van der Waals surface area (Å²) in [6.45, 7) is 6.82. The topological polar surface area (TPSA) is 63.7 Å². The van der Waals surface area contributed by atoms with Crippen LogP contribution in [0.3, 0.4) is 0 Å². The van der Waals surface area contributed by atoms with Crippen LogP contribution in [0.2, 0.25) is 0 Å². The van der Waals surface area contributed by atoms with E-state index in [2.05, 4.69) is 0 Å². The number of fused-ring (bicyclic) bond motifs is 1. The van der Waals surface area contributed by atoms with Gasteiger partial charge in [-0.05, 0) is 63.7 Å². The van der Waals surface area contributed by atoms with Crippen LogP contribution in [0.5, 0.6) is 0 Å². The van der Waals surface area contributed by atoms with E-state index in [9.17, 15) is 13.2 Å². The lowest BCUT2D eigenvalue weighted by atomic mass is 10.0. The summed E-state index contributed by atoms with van der Waals surface area (Å²) in [5.41, 5.74) is 3.79. The highest BCUT2D eigenvalue weighted by Crippen LogP contribution is 2.43. The number of hydrogen-bond donors (Lipinski definition) is 0. The molecule has 1 heterocycles. The molecule has 1 aromatic rings. The second kappa shape index (κ2) is 7.60. The normalized spacial score (nSPS) is 24.1. The summed E-state index contributed by atoms with van der Waals surface area (Å²) >= 11 is 0. The molecule has 2 aliphatic rings. The number of allylic oxidation sites excluding steroid dienone is 2. The van der Waals surface area contributed by atoms with Gasteiger partial charge in [-0.2, -0.15) is 4.31 Å². The van der Waals surface area contributed by atoms with Crippen molar-refractivity contribution in [2.75, 3.05) is 20.2 Å². The molecule has 6 heteroatoms. The van der Waals surface area contributed by atoms with Crippen molar-refractivity contribution in [3.8, 4) is 0 Å². The van der Waals surface area contributed by atoms with Gasteiger partial charge >= 0.3 is 5.97 Å². The third-order valence-corrected chi connectivity index (χ3v) is 7.39. The third-order valence-electron chi connectivity index (χ3n) is 5.54. The van der Waals surface area contributed by atoms with Crippen LogP contribution in [-0.2, 0) is 19.6 Å². The first kappa shape index (κ1) is 19.8. The van der Waals surface area contributed by atoms with E-state index in [0.29, 0.717) is 35.4 Å². The van der Waals surface area contributed by atoms with Crippen LogP contribution in [0.1, 0.15) is 32.3 Å². The smallest absolute Gasteiger partial charge is 0.337 e.